The minimum atomic E-state index is -0.179. The highest BCUT2D eigenvalue weighted by Gasteiger charge is 2.34. The first-order chi connectivity index (χ1) is 12.5. The van der Waals surface area contributed by atoms with Crippen LogP contribution in [0.15, 0.2) is 29.2 Å². The van der Waals surface area contributed by atoms with Crippen molar-refractivity contribution in [1.82, 2.24) is 14.7 Å². The number of rotatable bonds is 4. The lowest BCUT2D eigenvalue weighted by Gasteiger charge is -2.33. The van der Waals surface area contributed by atoms with Gasteiger partial charge in [-0.05, 0) is 30.7 Å². The van der Waals surface area contributed by atoms with Crippen molar-refractivity contribution in [3.05, 3.63) is 40.3 Å². The van der Waals surface area contributed by atoms with E-state index in [1.54, 1.807) is 0 Å². The zero-order chi connectivity index (χ0) is 18.7. The molecule has 1 aromatic rings. The minimum Gasteiger partial charge on any atom is -0.339 e. The molecule has 2 saturated heterocycles. The van der Waals surface area contributed by atoms with Crippen LogP contribution in [-0.4, -0.2) is 70.6 Å². The number of thiocarbonyl (C=S) groups is 1. The molecule has 2 fully saturated rings. The molecule has 2 aliphatic rings. The van der Waals surface area contributed by atoms with Crippen LogP contribution < -0.4 is 0 Å². The Kier molecular flexibility index (Phi) is 6.11. The third kappa shape index (κ3) is 4.34. The van der Waals surface area contributed by atoms with E-state index in [0.717, 1.165) is 25.1 Å². The van der Waals surface area contributed by atoms with Gasteiger partial charge in [-0.15, -0.1) is 0 Å². The Bertz CT molecular complexity index is 738. The van der Waals surface area contributed by atoms with Crippen molar-refractivity contribution in [2.24, 2.45) is 0 Å². The third-order valence-corrected chi connectivity index (χ3v) is 6.09. The van der Waals surface area contributed by atoms with Crippen LogP contribution in [0.3, 0.4) is 0 Å². The predicted octanol–water partition coefficient (Wildman–Crippen LogP) is 2.22. The minimum absolute atomic E-state index is 0.0283. The first kappa shape index (κ1) is 19.1. The Balaban J connectivity index is 1.66. The average molecular weight is 390 g/mol. The molecule has 2 heterocycles. The number of hydrogen-bond acceptors (Lipinski definition) is 5. The van der Waals surface area contributed by atoms with Gasteiger partial charge in [-0.25, -0.2) is 0 Å². The van der Waals surface area contributed by atoms with Gasteiger partial charge in [0.2, 0.25) is 5.91 Å². The maximum absolute atomic E-state index is 12.7. The first-order valence-corrected chi connectivity index (χ1v) is 10.0. The summed E-state index contributed by atoms with van der Waals surface area (Å²) in [7, 11) is 2.04. The van der Waals surface area contributed by atoms with Crippen LogP contribution in [0.2, 0.25) is 0 Å². The summed E-state index contributed by atoms with van der Waals surface area (Å²) in [6, 6.07) is 8.12. The van der Waals surface area contributed by atoms with E-state index in [2.05, 4.69) is 24.0 Å². The van der Waals surface area contributed by atoms with Crippen molar-refractivity contribution in [3.8, 4) is 0 Å². The highest BCUT2D eigenvalue weighted by molar-refractivity contribution is 8.26. The third-order valence-electron chi connectivity index (χ3n) is 4.71. The molecule has 0 saturated carbocycles. The smallest absolute Gasteiger partial charge is 0.266 e. The van der Waals surface area contributed by atoms with Crippen molar-refractivity contribution < 1.29 is 9.59 Å². The number of carbonyl (C=O) groups excluding carboxylic acids is 2. The van der Waals surface area contributed by atoms with Crippen LogP contribution in [0, 0.1) is 0 Å². The van der Waals surface area contributed by atoms with Gasteiger partial charge in [-0.3, -0.25) is 14.5 Å². The largest absolute Gasteiger partial charge is 0.339 e. The van der Waals surface area contributed by atoms with Gasteiger partial charge in [0.1, 0.15) is 10.9 Å². The molecule has 138 valence electrons. The Morgan fingerprint density at radius 2 is 1.85 bits per heavy atom. The summed E-state index contributed by atoms with van der Waals surface area (Å²) in [5.74, 6) is -0.218. The molecule has 0 aromatic heterocycles. The van der Waals surface area contributed by atoms with Crippen LogP contribution in [0.1, 0.15) is 18.1 Å². The quantitative estimate of drug-likeness (QED) is 0.584. The summed E-state index contributed by atoms with van der Waals surface area (Å²) >= 11 is 6.60. The van der Waals surface area contributed by atoms with Gasteiger partial charge >= 0.3 is 0 Å². The number of carbonyl (C=O) groups is 2. The number of hydrogen-bond donors (Lipinski definition) is 0. The second-order valence-corrected chi connectivity index (χ2v) is 8.22. The van der Waals surface area contributed by atoms with Crippen molar-refractivity contribution in [1.29, 1.82) is 0 Å². The van der Waals surface area contributed by atoms with Gasteiger partial charge in [-0.1, -0.05) is 55.2 Å². The Morgan fingerprint density at radius 3 is 2.46 bits per heavy atom. The SMILES string of the molecule is CCc1ccc(/C=C2\SC(=S)N(CC(=O)N3CCN(C)CC3)C2=O)cc1. The fourth-order valence-electron chi connectivity index (χ4n) is 2.93. The number of piperazine rings is 1. The number of amides is 2. The van der Waals surface area contributed by atoms with Gasteiger partial charge in [0, 0.05) is 26.2 Å². The van der Waals surface area contributed by atoms with Crippen LogP contribution in [0.25, 0.3) is 6.08 Å². The molecule has 0 bridgehead atoms. The Hall–Kier alpha value is -1.70. The molecule has 5 nitrogen and oxygen atoms in total. The molecular formula is C19H23N3O2S2. The fourth-order valence-corrected chi connectivity index (χ4v) is 4.18. The molecule has 0 aliphatic carbocycles. The standard InChI is InChI=1S/C19H23N3O2S2/c1-3-14-4-6-15(7-5-14)12-16-18(24)22(19(25)26-16)13-17(23)21-10-8-20(2)9-11-21/h4-7,12H,3,8-11,13H2,1-2H3/b16-12-. The van der Waals surface area contributed by atoms with Gasteiger partial charge in [-0.2, -0.15) is 0 Å². The predicted molar refractivity (Wildman–Crippen MR) is 110 cm³/mol. The molecular weight excluding hydrogens is 366 g/mol. The van der Waals surface area contributed by atoms with Crippen molar-refractivity contribution in [2.45, 2.75) is 13.3 Å². The van der Waals surface area contributed by atoms with E-state index in [4.69, 9.17) is 12.2 Å². The topological polar surface area (TPSA) is 43.9 Å². The number of likely N-dealkylation sites (N-methyl/N-ethyl adjacent to an activating group) is 1. The van der Waals surface area contributed by atoms with Crippen LogP contribution >= 0.6 is 24.0 Å². The number of benzene rings is 1. The summed E-state index contributed by atoms with van der Waals surface area (Å²) in [4.78, 5) is 31.2. The van der Waals surface area contributed by atoms with E-state index < -0.39 is 0 Å². The lowest BCUT2D eigenvalue weighted by atomic mass is 10.1. The molecule has 0 unspecified atom stereocenters. The maximum atomic E-state index is 12.7. The Morgan fingerprint density at radius 1 is 1.19 bits per heavy atom. The highest BCUT2D eigenvalue weighted by atomic mass is 32.2. The number of aryl methyl sites for hydroxylation is 1. The van der Waals surface area contributed by atoms with E-state index in [-0.39, 0.29) is 18.4 Å². The van der Waals surface area contributed by atoms with Crippen molar-refractivity contribution in [2.75, 3.05) is 39.8 Å². The second-order valence-electron chi connectivity index (χ2n) is 6.55. The lowest BCUT2D eigenvalue weighted by molar-refractivity contribution is -0.136. The van der Waals surface area contributed by atoms with Crippen molar-refractivity contribution >= 4 is 46.2 Å². The van der Waals surface area contributed by atoms with E-state index in [9.17, 15) is 9.59 Å². The number of thioether (sulfide) groups is 1. The Labute approximate surface area is 164 Å². The first-order valence-electron chi connectivity index (χ1n) is 8.78. The zero-order valence-electron chi connectivity index (χ0n) is 15.1. The molecule has 3 rings (SSSR count). The van der Waals surface area contributed by atoms with E-state index in [0.29, 0.717) is 22.3 Å². The van der Waals surface area contributed by atoms with Crippen LogP contribution in [-0.2, 0) is 16.0 Å². The molecule has 2 amide bonds. The molecule has 0 atom stereocenters. The molecule has 26 heavy (non-hydrogen) atoms. The summed E-state index contributed by atoms with van der Waals surface area (Å²) in [5, 5.41) is 0. The van der Waals surface area contributed by atoms with Gasteiger partial charge in [0.15, 0.2) is 0 Å². The van der Waals surface area contributed by atoms with Crippen LogP contribution in [0.5, 0.6) is 0 Å². The molecule has 0 N–H and O–H groups in total. The van der Waals surface area contributed by atoms with Crippen LogP contribution in [0.4, 0.5) is 0 Å². The molecule has 0 spiro atoms. The molecule has 1 aromatic carbocycles. The molecule has 0 radical (unpaired) electrons. The monoisotopic (exact) mass is 389 g/mol. The zero-order valence-corrected chi connectivity index (χ0v) is 16.7. The maximum Gasteiger partial charge on any atom is 0.266 e. The normalized spacial score (nSPS) is 20.3. The molecule has 7 heteroatoms. The average Bonchev–Trinajstić information content (AvgIpc) is 2.90. The summed E-state index contributed by atoms with van der Waals surface area (Å²) in [5.41, 5.74) is 2.22. The summed E-state index contributed by atoms with van der Waals surface area (Å²) in [6.45, 7) is 5.25. The van der Waals surface area contributed by atoms with E-state index >= 15 is 0 Å². The summed E-state index contributed by atoms with van der Waals surface area (Å²) in [6.07, 6.45) is 2.83. The van der Waals surface area contributed by atoms with Gasteiger partial charge < -0.3 is 9.80 Å². The van der Waals surface area contributed by atoms with E-state index in [1.807, 2.05) is 30.2 Å². The second kappa shape index (κ2) is 8.33. The van der Waals surface area contributed by atoms with E-state index in [1.165, 1.54) is 22.2 Å². The molecule has 2 aliphatic heterocycles. The van der Waals surface area contributed by atoms with Gasteiger partial charge in [0.25, 0.3) is 5.91 Å². The lowest BCUT2D eigenvalue weighted by Crippen LogP contribution is -2.50. The summed E-state index contributed by atoms with van der Waals surface area (Å²) < 4.78 is 0.453. The van der Waals surface area contributed by atoms with Crippen molar-refractivity contribution in [3.63, 3.8) is 0 Å². The fraction of sp³-hybridized carbons (Fsp3) is 0.421. The van der Waals surface area contributed by atoms with Gasteiger partial charge in [0.05, 0.1) is 4.91 Å². The highest BCUT2D eigenvalue weighted by Crippen LogP contribution is 2.32. The number of nitrogens with zero attached hydrogens (tertiary/aromatic N) is 3.